The van der Waals surface area contributed by atoms with E-state index >= 15 is 0 Å². The molecule has 1 atom stereocenters. The van der Waals surface area contributed by atoms with E-state index in [0.717, 1.165) is 30.4 Å². The quantitative estimate of drug-likeness (QED) is 0.334. The molecule has 1 amide bonds. The Kier molecular flexibility index (Phi) is 8.53. The van der Waals surface area contributed by atoms with Gasteiger partial charge in [-0.1, -0.05) is 56.3 Å². The molecule has 0 radical (unpaired) electrons. The van der Waals surface area contributed by atoms with Gasteiger partial charge in [0.2, 0.25) is 5.91 Å². The smallest absolute Gasteiger partial charge is 0.239 e. The van der Waals surface area contributed by atoms with Crippen molar-refractivity contribution >= 4 is 29.1 Å². The van der Waals surface area contributed by atoms with Crippen molar-refractivity contribution in [1.82, 2.24) is 5.32 Å². The zero-order valence-corrected chi connectivity index (χ0v) is 19.1. The number of methoxy groups -OCH3 is 1. The monoisotopic (exact) mass is 439 g/mol. The van der Waals surface area contributed by atoms with Crippen LogP contribution in [0.4, 0.5) is 0 Å². The largest absolute Gasteiger partial charge is 0.493 e. The number of benzene rings is 2. The topological polar surface area (TPSA) is 72.3 Å². The normalized spacial score (nSPS) is 17.3. The molecule has 1 aliphatic rings. The predicted molar refractivity (Wildman–Crippen MR) is 127 cm³/mol. The molecule has 7 heteroatoms. The first-order valence-corrected chi connectivity index (χ1v) is 11.5. The second-order valence-electron chi connectivity index (χ2n) is 7.23. The van der Waals surface area contributed by atoms with E-state index in [1.807, 2.05) is 18.2 Å². The van der Waals surface area contributed by atoms with Crippen LogP contribution in [0.3, 0.4) is 0 Å². The summed E-state index contributed by atoms with van der Waals surface area (Å²) in [6.07, 6.45) is 5.38. The van der Waals surface area contributed by atoms with E-state index in [1.165, 1.54) is 17.3 Å². The first kappa shape index (κ1) is 22.9. The number of amides is 1. The first-order valence-electron chi connectivity index (χ1n) is 10.6. The van der Waals surface area contributed by atoms with Gasteiger partial charge in [0.1, 0.15) is 0 Å². The standard InChI is InChI=1S/C24H29N3O3S/c1-4-6-13-30-20-12-11-19(14-21(20)29-3)16-25-27-24-26-23(28)22(31-24)15-18-9-7-17(5-2)8-10-18/h7-12,14,16,22H,4-6,13,15H2,1-3H3,(H,26,27,28)/b25-16-/t22-/m0/s1. The zero-order valence-electron chi connectivity index (χ0n) is 18.3. The van der Waals surface area contributed by atoms with E-state index in [4.69, 9.17) is 9.47 Å². The van der Waals surface area contributed by atoms with E-state index in [9.17, 15) is 4.79 Å². The van der Waals surface area contributed by atoms with Gasteiger partial charge in [-0.2, -0.15) is 5.10 Å². The number of carbonyl (C=O) groups excluding carboxylic acids is 1. The molecule has 0 unspecified atom stereocenters. The summed E-state index contributed by atoms with van der Waals surface area (Å²) in [6.45, 7) is 4.91. The third-order valence-electron chi connectivity index (χ3n) is 4.93. The maximum Gasteiger partial charge on any atom is 0.239 e. The molecule has 3 rings (SSSR count). The summed E-state index contributed by atoms with van der Waals surface area (Å²) in [5.74, 6) is 1.34. The average molecular weight is 440 g/mol. The second-order valence-corrected chi connectivity index (χ2v) is 8.42. The summed E-state index contributed by atoms with van der Waals surface area (Å²) in [6, 6.07) is 14.0. The van der Waals surface area contributed by atoms with E-state index in [2.05, 4.69) is 53.6 Å². The first-order chi connectivity index (χ1) is 15.1. The number of hydrogen-bond acceptors (Lipinski definition) is 6. The van der Waals surface area contributed by atoms with Crippen molar-refractivity contribution in [2.24, 2.45) is 10.2 Å². The van der Waals surface area contributed by atoms with Gasteiger partial charge in [0.25, 0.3) is 0 Å². The van der Waals surface area contributed by atoms with Crippen LogP contribution >= 0.6 is 11.8 Å². The fourth-order valence-electron chi connectivity index (χ4n) is 3.07. The summed E-state index contributed by atoms with van der Waals surface area (Å²) in [7, 11) is 1.61. The van der Waals surface area contributed by atoms with Gasteiger partial charge < -0.3 is 14.8 Å². The molecule has 0 aliphatic carbocycles. The molecule has 164 valence electrons. The van der Waals surface area contributed by atoms with Crippen molar-refractivity contribution in [2.75, 3.05) is 13.7 Å². The Morgan fingerprint density at radius 2 is 1.87 bits per heavy atom. The van der Waals surface area contributed by atoms with Crippen molar-refractivity contribution in [3.05, 3.63) is 59.2 Å². The highest BCUT2D eigenvalue weighted by atomic mass is 32.2. The Hall–Kier alpha value is -2.80. The molecule has 1 N–H and O–H groups in total. The van der Waals surface area contributed by atoms with Gasteiger partial charge in [0.15, 0.2) is 16.7 Å². The molecule has 1 aliphatic heterocycles. The minimum atomic E-state index is -0.193. The fourth-order valence-corrected chi connectivity index (χ4v) is 4.03. The molecule has 0 aromatic heterocycles. The Morgan fingerprint density at radius 1 is 1.10 bits per heavy atom. The van der Waals surface area contributed by atoms with Crippen LogP contribution in [0, 0.1) is 0 Å². The van der Waals surface area contributed by atoms with Crippen LogP contribution in [0.25, 0.3) is 0 Å². The average Bonchev–Trinajstić information content (AvgIpc) is 3.14. The number of aryl methyl sites for hydroxylation is 1. The van der Waals surface area contributed by atoms with Crippen molar-refractivity contribution in [1.29, 1.82) is 0 Å². The molecular formula is C24H29N3O3S. The maximum atomic E-state index is 12.3. The fraction of sp³-hybridized carbons (Fsp3) is 0.375. The highest BCUT2D eigenvalue weighted by Gasteiger charge is 2.30. The third-order valence-corrected chi connectivity index (χ3v) is 6.00. The SMILES string of the molecule is CCCCOc1ccc(/C=N\N=C2\NC(=O)[C@H](Cc3ccc(CC)cc3)S2)cc1OC. The summed E-state index contributed by atoms with van der Waals surface area (Å²) in [4.78, 5) is 12.3. The number of thioether (sulfide) groups is 1. The lowest BCUT2D eigenvalue weighted by atomic mass is 10.1. The maximum absolute atomic E-state index is 12.3. The van der Waals surface area contributed by atoms with E-state index < -0.39 is 0 Å². The number of carbonyl (C=O) groups is 1. The predicted octanol–water partition coefficient (Wildman–Crippen LogP) is 4.60. The van der Waals surface area contributed by atoms with E-state index in [0.29, 0.717) is 29.7 Å². The molecule has 1 saturated heterocycles. The van der Waals surface area contributed by atoms with Gasteiger partial charge in [-0.15, -0.1) is 5.10 Å². The number of nitrogens with zero attached hydrogens (tertiary/aromatic N) is 2. The summed E-state index contributed by atoms with van der Waals surface area (Å²) < 4.78 is 11.2. The Morgan fingerprint density at radius 3 is 2.58 bits per heavy atom. The zero-order chi connectivity index (χ0) is 22.1. The minimum absolute atomic E-state index is 0.0335. The van der Waals surface area contributed by atoms with Crippen molar-refractivity contribution < 1.29 is 14.3 Å². The van der Waals surface area contributed by atoms with Crippen molar-refractivity contribution in [2.45, 2.75) is 44.8 Å². The second kappa shape index (κ2) is 11.6. The molecular weight excluding hydrogens is 410 g/mol. The van der Waals surface area contributed by atoms with Crippen LogP contribution in [0.2, 0.25) is 0 Å². The summed E-state index contributed by atoms with van der Waals surface area (Å²) in [5.41, 5.74) is 3.27. The Balaban J connectivity index is 1.59. The number of unbranched alkanes of at least 4 members (excludes halogenated alkanes) is 1. The van der Waals surface area contributed by atoms with Crippen LogP contribution in [-0.2, 0) is 17.6 Å². The lowest BCUT2D eigenvalue weighted by molar-refractivity contribution is -0.118. The number of ether oxygens (including phenoxy) is 2. The lowest BCUT2D eigenvalue weighted by Gasteiger charge is -2.10. The van der Waals surface area contributed by atoms with Crippen LogP contribution in [-0.4, -0.2) is 36.3 Å². The van der Waals surface area contributed by atoms with E-state index in [1.54, 1.807) is 13.3 Å². The molecule has 1 fully saturated rings. The third kappa shape index (κ3) is 6.59. The molecule has 0 saturated carbocycles. The van der Waals surface area contributed by atoms with Gasteiger partial charge in [0.05, 0.1) is 25.2 Å². The molecule has 31 heavy (non-hydrogen) atoms. The van der Waals surface area contributed by atoms with E-state index in [-0.39, 0.29) is 11.2 Å². The summed E-state index contributed by atoms with van der Waals surface area (Å²) in [5, 5.41) is 11.4. The molecule has 0 bridgehead atoms. The summed E-state index contributed by atoms with van der Waals surface area (Å²) >= 11 is 1.41. The van der Waals surface area contributed by atoms with Gasteiger partial charge >= 0.3 is 0 Å². The van der Waals surface area contributed by atoms with Crippen LogP contribution in [0.5, 0.6) is 11.5 Å². The number of hydrogen-bond donors (Lipinski definition) is 1. The van der Waals surface area contributed by atoms with Gasteiger partial charge in [0, 0.05) is 0 Å². The van der Waals surface area contributed by atoms with Crippen LogP contribution in [0.1, 0.15) is 43.4 Å². The van der Waals surface area contributed by atoms with Crippen molar-refractivity contribution in [3.8, 4) is 11.5 Å². The molecule has 1 heterocycles. The van der Waals surface area contributed by atoms with Crippen molar-refractivity contribution in [3.63, 3.8) is 0 Å². The van der Waals surface area contributed by atoms with Crippen LogP contribution in [0.15, 0.2) is 52.7 Å². The van der Waals surface area contributed by atoms with Gasteiger partial charge in [-0.25, -0.2) is 0 Å². The Labute approximate surface area is 188 Å². The van der Waals surface area contributed by atoms with Gasteiger partial charge in [-0.3, -0.25) is 4.79 Å². The number of amidine groups is 1. The molecule has 2 aromatic rings. The Bertz CT molecular complexity index is 942. The molecule has 2 aromatic carbocycles. The highest BCUT2D eigenvalue weighted by Crippen LogP contribution is 2.28. The minimum Gasteiger partial charge on any atom is -0.493 e. The van der Waals surface area contributed by atoms with Crippen LogP contribution < -0.4 is 14.8 Å². The highest BCUT2D eigenvalue weighted by molar-refractivity contribution is 8.15. The molecule has 0 spiro atoms. The lowest BCUT2D eigenvalue weighted by Crippen LogP contribution is -2.25. The van der Waals surface area contributed by atoms with Gasteiger partial charge in [-0.05, 0) is 54.2 Å². The number of nitrogens with one attached hydrogen (secondary N) is 1. The molecule has 6 nitrogen and oxygen atoms in total. The number of rotatable bonds is 10.